The number of carbonyl (C=O) groups is 1. The van der Waals surface area contributed by atoms with Crippen molar-refractivity contribution in [3.8, 4) is 5.75 Å². The van der Waals surface area contributed by atoms with Crippen LogP contribution in [0.5, 0.6) is 5.75 Å². The maximum absolute atomic E-state index is 12.6. The van der Waals surface area contributed by atoms with Gasteiger partial charge in [-0.05, 0) is 37.0 Å². The SMILES string of the molecule is O=C(c1cccc(COc2cnn3c2CNCC3)c1)N1CCCCC1. The number of nitrogens with zero attached hydrogens (tertiary/aromatic N) is 3. The minimum Gasteiger partial charge on any atom is -0.485 e. The third-order valence-electron chi connectivity index (χ3n) is 4.91. The van der Waals surface area contributed by atoms with Gasteiger partial charge in [0.05, 0.1) is 18.4 Å². The Morgan fingerprint density at radius 3 is 2.96 bits per heavy atom. The Morgan fingerprint density at radius 2 is 2.08 bits per heavy atom. The summed E-state index contributed by atoms with van der Waals surface area (Å²) < 4.78 is 7.95. The van der Waals surface area contributed by atoms with Gasteiger partial charge in [-0.1, -0.05) is 12.1 Å². The first kappa shape index (κ1) is 16.1. The van der Waals surface area contributed by atoms with Gasteiger partial charge >= 0.3 is 0 Å². The van der Waals surface area contributed by atoms with Crippen LogP contribution in [-0.2, 0) is 19.7 Å². The van der Waals surface area contributed by atoms with Gasteiger partial charge in [-0.15, -0.1) is 0 Å². The Bertz CT molecular complexity index is 750. The second-order valence-corrected chi connectivity index (χ2v) is 6.70. The van der Waals surface area contributed by atoms with Crippen molar-refractivity contribution >= 4 is 5.91 Å². The third-order valence-corrected chi connectivity index (χ3v) is 4.91. The van der Waals surface area contributed by atoms with Gasteiger partial charge in [-0.3, -0.25) is 9.48 Å². The molecule has 1 aromatic carbocycles. The van der Waals surface area contributed by atoms with E-state index in [4.69, 9.17) is 4.74 Å². The molecule has 25 heavy (non-hydrogen) atoms. The van der Waals surface area contributed by atoms with Crippen molar-refractivity contribution in [2.24, 2.45) is 0 Å². The van der Waals surface area contributed by atoms with Crippen molar-refractivity contribution in [2.45, 2.75) is 39.0 Å². The minimum atomic E-state index is 0.133. The summed E-state index contributed by atoms with van der Waals surface area (Å²) in [5.74, 6) is 0.952. The number of hydrogen-bond donors (Lipinski definition) is 1. The molecule has 0 spiro atoms. The van der Waals surface area contributed by atoms with Crippen LogP contribution in [0.1, 0.15) is 40.9 Å². The number of amides is 1. The molecule has 132 valence electrons. The van der Waals surface area contributed by atoms with Crippen molar-refractivity contribution in [1.29, 1.82) is 0 Å². The summed E-state index contributed by atoms with van der Waals surface area (Å²) in [5.41, 5.74) is 2.85. The van der Waals surface area contributed by atoms with Gasteiger partial charge in [0.1, 0.15) is 6.61 Å². The van der Waals surface area contributed by atoms with Crippen LogP contribution in [0.25, 0.3) is 0 Å². The Kier molecular flexibility index (Phi) is 4.70. The molecule has 1 N–H and O–H groups in total. The second kappa shape index (κ2) is 7.27. The van der Waals surface area contributed by atoms with Crippen LogP contribution in [0, 0.1) is 0 Å². The summed E-state index contributed by atoms with van der Waals surface area (Å²) in [6.45, 7) is 4.78. The number of hydrogen-bond acceptors (Lipinski definition) is 4. The first-order valence-electron chi connectivity index (χ1n) is 9.08. The van der Waals surface area contributed by atoms with E-state index in [9.17, 15) is 4.79 Å². The fourth-order valence-corrected chi connectivity index (χ4v) is 3.51. The summed E-state index contributed by atoms with van der Waals surface area (Å²) in [5, 5.41) is 7.70. The molecule has 0 radical (unpaired) electrons. The fourth-order valence-electron chi connectivity index (χ4n) is 3.51. The van der Waals surface area contributed by atoms with Gasteiger partial charge < -0.3 is 15.0 Å². The van der Waals surface area contributed by atoms with Gasteiger partial charge in [0, 0.05) is 31.7 Å². The molecule has 1 saturated heterocycles. The number of aromatic nitrogens is 2. The lowest BCUT2D eigenvalue weighted by Gasteiger charge is -2.26. The van der Waals surface area contributed by atoms with Crippen LogP contribution in [0.15, 0.2) is 30.5 Å². The highest BCUT2D eigenvalue weighted by Crippen LogP contribution is 2.21. The normalized spacial score (nSPS) is 17.2. The smallest absolute Gasteiger partial charge is 0.253 e. The molecule has 1 fully saturated rings. The van der Waals surface area contributed by atoms with E-state index in [0.29, 0.717) is 6.61 Å². The molecule has 2 aromatic rings. The topological polar surface area (TPSA) is 59.4 Å². The van der Waals surface area contributed by atoms with Gasteiger partial charge in [0.25, 0.3) is 5.91 Å². The van der Waals surface area contributed by atoms with E-state index in [1.165, 1.54) is 6.42 Å². The van der Waals surface area contributed by atoms with Gasteiger partial charge in [0.2, 0.25) is 0 Å². The first-order valence-corrected chi connectivity index (χ1v) is 9.08. The molecule has 6 heteroatoms. The monoisotopic (exact) mass is 340 g/mol. The summed E-state index contributed by atoms with van der Waals surface area (Å²) >= 11 is 0. The molecule has 0 aliphatic carbocycles. The van der Waals surface area contributed by atoms with Crippen molar-refractivity contribution in [1.82, 2.24) is 20.0 Å². The molecule has 0 atom stereocenters. The predicted molar refractivity (Wildman–Crippen MR) is 94.5 cm³/mol. The van der Waals surface area contributed by atoms with Crippen molar-refractivity contribution < 1.29 is 9.53 Å². The van der Waals surface area contributed by atoms with Crippen LogP contribution in [-0.4, -0.2) is 40.2 Å². The Morgan fingerprint density at radius 1 is 1.20 bits per heavy atom. The summed E-state index contributed by atoms with van der Waals surface area (Å²) in [6.07, 6.45) is 5.22. The standard InChI is InChI=1S/C19H24N4O2/c24-19(22-8-2-1-3-9-22)16-6-4-5-15(11-16)14-25-18-13-21-23-10-7-20-12-17(18)23/h4-6,11,13,20H,1-3,7-10,12,14H2. The van der Waals surface area contributed by atoms with E-state index in [1.807, 2.05) is 33.8 Å². The van der Waals surface area contributed by atoms with Crippen LogP contribution in [0.3, 0.4) is 0 Å². The van der Waals surface area contributed by atoms with E-state index in [-0.39, 0.29) is 5.91 Å². The largest absolute Gasteiger partial charge is 0.485 e. The van der Waals surface area contributed by atoms with Crippen LogP contribution >= 0.6 is 0 Å². The molecule has 0 bridgehead atoms. The van der Waals surface area contributed by atoms with E-state index < -0.39 is 0 Å². The number of benzene rings is 1. The quantitative estimate of drug-likeness (QED) is 0.927. The highest BCUT2D eigenvalue weighted by atomic mass is 16.5. The molecule has 1 aromatic heterocycles. The van der Waals surface area contributed by atoms with Crippen LogP contribution in [0.4, 0.5) is 0 Å². The van der Waals surface area contributed by atoms with E-state index in [2.05, 4.69) is 10.4 Å². The first-order chi connectivity index (χ1) is 12.3. The zero-order valence-electron chi connectivity index (χ0n) is 14.4. The molecule has 2 aliphatic rings. The minimum absolute atomic E-state index is 0.133. The highest BCUT2D eigenvalue weighted by molar-refractivity contribution is 5.94. The Labute approximate surface area is 147 Å². The predicted octanol–water partition coefficient (Wildman–Crippen LogP) is 2.19. The molecule has 6 nitrogen and oxygen atoms in total. The molecule has 4 rings (SSSR count). The molecule has 3 heterocycles. The molecular weight excluding hydrogens is 316 g/mol. The summed E-state index contributed by atoms with van der Waals surface area (Å²) in [4.78, 5) is 14.6. The van der Waals surface area contributed by atoms with Crippen molar-refractivity contribution in [2.75, 3.05) is 19.6 Å². The van der Waals surface area contributed by atoms with Crippen LogP contribution < -0.4 is 10.1 Å². The van der Waals surface area contributed by atoms with Gasteiger partial charge in [-0.2, -0.15) is 5.10 Å². The average Bonchev–Trinajstić information content (AvgIpc) is 3.10. The maximum atomic E-state index is 12.6. The summed E-state index contributed by atoms with van der Waals surface area (Å²) in [7, 11) is 0. The van der Waals surface area contributed by atoms with Gasteiger partial charge in [0.15, 0.2) is 5.75 Å². The van der Waals surface area contributed by atoms with Crippen molar-refractivity contribution in [3.63, 3.8) is 0 Å². The molecular formula is C19H24N4O2. The number of nitrogens with one attached hydrogen (secondary N) is 1. The molecule has 0 unspecified atom stereocenters. The maximum Gasteiger partial charge on any atom is 0.253 e. The van der Waals surface area contributed by atoms with Gasteiger partial charge in [-0.25, -0.2) is 0 Å². The van der Waals surface area contributed by atoms with Crippen molar-refractivity contribution in [3.05, 3.63) is 47.3 Å². The fraction of sp³-hybridized carbons (Fsp3) is 0.474. The molecule has 2 aliphatic heterocycles. The number of rotatable bonds is 4. The molecule has 1 amide bonds. The number of likely N-dealkylation sites (tertiary alicyclic amines) is 1. The Balaban J connectivity index is 1.43. The van der Waals surface area contributed by atoms with Crippen LogP contribution in [0.2, 0.25) is 0 Å². The lowest BCUT2D eigenvalue weighted by molar-refractivity contribution is 0.0724. The zero-order chi connectivity index (χ0) is 17.1. The number of ether oxygens (including phenoxy) is 1. The second-order valence-electron chi connectivity index (χ2n) is 6.70. The molecule has 0 saturated carbocycles. The van der Waals surface area contributed by atoms with E-state index >= 15 is 0 Å². The zero-order valence-corrected chi connectivity index (χ0v) is 14.4. The number of piperidine rings is 1. The van der Waals surface area contributed by atoms with E-state index in [1.54, 1.807) is 6.20 Å². The summed E-state index contributed by atoms with van der Waals surface area (Å²) in [6, 6.07) is 7.78. The number of fused-ring (bicyclic) bond motifs is 1. The lowest BCUT2D eigenvalue weighted by atomic mass is 10.1. The van der Waals surface area contributed by atoms with E-state index in [0.717, 1.165) is 68.1 Å². The lowest BCUT2D eigenvalue weighted by Crippen LogP contribution is -2.35. The number of carbonyl (C=O) groups excluding carboxylic acids is 1. The average molecular weight is 340 g/mol. The highest BCUT2D eigenvalue weighted by Gasteiger charge is 2.19. The Hall–Kier alpha value is -2.34. The third kappa shape index (κ3) is 3.54.